The van der Waals surface area contributed by atoms with E-state index >= 15 is 0 Å². The molecule has 1 N–H and O–H groups in total. The van der Waals surface area contributed by atoms with Gasteiger partial charge in [0.2, 0.25) is 0 Å². The number of thiophene rings is 1. The molecule has 1 aromatic rings. The molecule has 0 saturated carbocycles. The minimum Gasteiger partial charge on any atom is -0.388 e. The van der Waals surface area contributed by atoms with Crippen LogP contribution in [0.15, 0.2) is 6.07 Å². The number of nitro groups is 1. The normalized spacial score (nSPS) is 22.1. The Morgan fingerprint density at radius 1 is 1.57 bits per heavy atom. The SMILES string of the molecule is CCC1CN(C)CCCN1c1sc([C@H](C)O)cc1[N+](=O)[O-]. The topological polar surface area (TPSA) is 69.8 Å². The van der Waals surface area contributed by atoms with Crippen LogP contribution in [0, 0.1) is 10.1 Å². The number of anilines is 1. The van der Waals surface area contributed by atoms with Crippen LogP contribution in [0.5, 0.6) is 0 Å². The van der Waals surface area contributed by atoms with Crippen molar-refractivity contribution in [1.29, 1.82) is 0 Å². The van der Waals surface area contributed by atoms with Crippen molar-refractivity contribution in [3.8, 4) is 0 Å². The second-order valence-corrected chi connectivity index (χ2v) is 6.71. The van der Waals surface area contributed by atoms with E-state index in [1.54, 1.807) is 6.92 Å². The van der Waals surface area contributed by atoms with Gasteiger partial charge in [-0.3, -0.25) is 10.1 Å². The number of hydrogen-bond donors (Lipinski definition) is 1. The molecule has 0 aliphatic carbocycles. The molecule has 2 rings (SSSR count). The van der Waals surface area contributed by atoms with Gasteiger partial charge >= 0.3 is 5.69 Å². The first-order valence-corrected chi connectivity index (χ1v) is 8.17. The van der Waals surface area contributed by atoms with Crippen LogP contribution in [0.4, 0.5) is 10.7 Å². The molecular formula is C14H23N3O3S. The summed E-state index contributed by atoms with van der Waals surface area (Å²) in [6.45, 7) is 6.51. The summed E-state index contributed by atoms with van der Waals surface area (Å²) in [7, 11) is 2.09. The number of rotatable bonds is 4. The van der Waals surface area contributed by atoms with E-state index < -0.39 is 6.10 Å². The number of nitrogens with zero attached hydrogens (tertiary/aromatic N) is 3. The molecule has 118 valence electrons. The smallest absolute Gasteiger partial charge is 0.304 e. The van der Waals surface area contributed by atoms with Gasteiger partial charge < -0.3 is 14.9 Å². The molecule has 1 saturated heterocycles. The molecular weight excluding hydrogens is 290 g/mol. The fourth-order valence-corrected chi connectivity index (χ4v) is 3.95. The van der Waals surface area contributed by atoms with E-state index in [2.05, 4.69) is 23.8 Å². The van der Waals surface area contributed by atoms with Gasteiger partial charge in [-0.15, -0.1) is 11.3 Å². The van der Waals surface area contributed by atoms with Crippen molar-refractivity contribution in [2.75, 3.05) is 31.6 Å². The first-order chi connectivity index (χ1) is 9.93. The summed E-state index contributed by atoms with van der Waals surface area (Å²) in [4.78, 5) is 16.1. The number of likely N-dealkylation sites (N-methyl/N-ethyl adjacent to an activating group) is 1. The maximum absolute atomic E-state index is 11.3. The van der Waals surface area contributed by atoms with E-state index in [0.29, 0.717) is 9.88 Å². The highest BCUT2D eigenvalue weighted by Gasteiger charge is 2.30. The quantitative estimate of drug-likeness (QED) is 0.683. The van der Waals surface area contributed by atoms with Gasteiger partial charge in [0, 0.05) is 30.1 Å². The molecule has 0 amide bonds. The molecule has 0 radical (unpaired) electrons. The summed E-state index contributed by atoms with van der Waals surface area (Å²) in [6, 6.07) is 1.79. The van der Waals surface area contributed by atoms with Crippen LogP contribution in [0.25, 0.3) is 0 Å². The molecule has 7 heteroatoms. The molecule has 21 heavy (non-hydrogen) atoms. The van der Waals surface area contributed by atoms with Gasteiger partial charge in [-0.25, -0.2) is 0 Å². The molecule has 0 spiro atoms. The summed E-state index contributed by atoms with van der Waals surface area (Å²) in [5.74, 6) is 0. The van der Waals surface area contributed by atoms with Crippen LogP contribution >= 0.6 is 11.3 Å². The number of hydrogen-bond acceptors (Lipinski definition) is 6. The molecule has 1 unspecified atom stereocenters. The zero-order valence-corrected chi connectivity index (χ0v) is 13.6. The second-order valence-electron chi connectivity index (χ2n) is 5.64. The minimum absolute atomic E-state index is 0.124. The van der Waals surface area contributed by atoms with Crippen molar-refractivity contribution >= 4 is 22.0 Å². The molecule has 1 aliphatic rings. The highest BCUT2D eigenvalue weighted by atomic mass is 32.1. The Kier molecular flexibility index (Phi) is 5.18. The Hall–Kier alpha value is -1.18. The molecule has 2 heterocycles. The molecule has 0 aromatic carbocycles. The highest BCUT2D eigenvalue weighted by Crippen LogP contribution is 2.41. The summed E-state index contributed by atoms with van der Waals surface area (Å²) >= 11 is 1.35. The van der Waals surface area contributed by atoms with E-state index in [1.165, 1.54) is 17.4 Å². The third-order valence-corrected chi connectivity index (χ3v) is 5.29. The fraction of sp³-hybridized carbons (Fsp3) is 0.714. The maximum atomic E-state index is 11.3. The van der Waals surface area contributed by atoms with Gasteiger partial charge in [0.05, 0.1) is 11.0 Å². The average molecular weight is 313 g/mol. The van der Waals surface area contributed by atoms with Crippen LogP contribution in [0.2, 0.25) is 0 Å². The average Bonchev–Trinajstić information content (AvgIpc) is 2.78. The predicted octanol–water partition coefficient (Wildman–Crippen LogP) is 2.63. The van der Waals surface area contributed by atoms with Crippen LogP contribution in [-0.2, 0) is 0 Å². The molecule has 1 fully saturated rings. The van der Waals surface area contributed by atoms with Gasteiger partial charge in [-0.1, -0.05) is 6.92 Å². The molecule has 2 atom stereocenters. The Bertz CT molecular complexity index is 504. The second kappa shape index (κ2) is 6.72. The van der Waals surface area contributed by atoms with Crippen molar-refractivity contribution in [2.24, 2.45) is 0 Å². The zero-order chi connectivity index (χ0) is 15.6. The molecule has 1 aliphatic heterocycles. The van der Waals surface area contributed by atoms with Crippen LogP contribution < -0.4 is 4.90 Å². The standard InChI is InChI=1S/C14H23N3O3S/c1-4-11-9-15(3)6-5-7-16(11)14-12(17(19)20)8-13(21-14)10(2)18/h8,10-11,18H,4-7,9H2,1-3H3/t10-,11?/m0/s1. The monoisotopic (exact) mass is 313 g/mol. The van der Waals surface area contributed by atoms with Crippen molar-refractivity contribution in [1.82, 2.24) is 4.90 Å². The Labute approximate surface area is 129 Å². The summed E-state index contributed by atoms with van der Waals surface area (Å²) in [6.07, 6.45) is 1.27. The van der Waals surface area contributed by atoms with Gasteiger partial charge in [0.15, 0.2) is 5.00 Å². The Morgan fingerprint density at radius 2 is 2.29 bits per heavy atom. The summed E-state index contributed by atoms with van der Waals surface area (Å²) < 4.78 is 0. The predicted molar refractivity (Wildman–Crippen MR) is 85.1 cm³/mol. The van der Waals surface area contributed by atoms with Gasteiger partial charge in [0.25, 0.3) is 0 Å². The van der Waals surface area contributed by atoms with E-state index in [4.69, 9.17) is 0 Å². The number of aliphatic hydroxyl groups excluding tert-OH is 1. The van der Waals surface area contributed by atoms with E-state index in [1.807, 2.05) is 0 Å². The van der Waals surface area contributed by atoms with Crippen molar-refractivity contribution in [3.05, 3.63) is 21.1 Å². The van der Waals surface area contributed by atoms with E-state index in [0.717, 1.165) is 32.5 Å². The lowest BCUT2D eigenvalue weighted by Crippen LogP contribution is -2.39. The van der Waals surface area contributed by atoms with Crippen LogP contribution in [0.1, 0.15) is 37.7 Å². The van der Waals surface area contributed by atoms with Crippen molar-refractivity contribution in [3.63, 3.8) is 0 Å². The van der Waals surface area contributed by atoms with Crippen molar-refractivity contribution in [2.45, 2.75) is 38.8 Å². The lowest BCUT2D eigenvalue weighted by Gasteiger charge is -2.30. The zero-order valence-electron chi connectivity index (χ0n) is 12.8. The first kappa shape index (κ1) is 16.2. The van der Waals surface area contributed by atoms with Crippen molar-refractivity contribution < 1.29 is 10.0 Å². The minimum atomic E-state index is -0.669. The highest BCUT2D eigenvalue weighted by molar-refractivity contribution is 7.16. The Balaban J connectivity index is 2.39. The molecule has 0 bridgehead atoms. The third-order valence-electron chi connectivity index (χ3n) is 3.96. The van der Waals surface area contributed by atoms with Gasteiger partial charge in [-0.2, -0.15) is 0 Å². The van der Waals surface area contributed by atoms with Crippen LogP contribution in [0.3, 0.4) is 0 Å². The summed E-state index contributed by atoms with van der Waals surface area (Å²) in [5.41, 5.74) is 0.124. The van der Waals surface area contributed by atoms with E-state index in [9.17, 15) is 15.2 Å². The summed E-state index contributed by atoms with van der Waals surface area (Å²) in [5, 5.41) is 21.8. The molecule has 6 nitrogen and oxygen atoms in total. The maximum Gasteiger partial charge on any atom is 0.304 e. The lowest BCUT2D eigenvalue weighted by molar-refractivity contribution is -0.383. The molecule has 1 aromatic heterocycles. The van der Waals surface area contributed by atoms with Gasteiger partial charge in [0.1, 0.15) is 0 Å². The largest absolute Gasteiger partial charge is 0.388 e. The third kappa shape index (κ3) is 3.53. The lowest BCUT2D eigenvalue weighted by atomic mass is 10.2. The Morgan fingerprint density at radius 3 is 2.86 bits per heavy atom. The first-order valence-electron chi connectivity index (χ1n) is 7.35. The number of aliphatic hydroxyl groups is 1. The fourth-order valence-electron chi connectivity index (χ4n) is 2.79. The van der Waals surface area contributed by atoms with Crippen LogP contribution in [-0.4, -0.2) is 47.7 Å². The van der Waals surface area contributed by atoms with E-state index in [-0.39, 0.29) is 16.7 Å². The van der Waals surface area contributed by atoms with Gasteiger partial charge in [-0.05, 0) is 33.4 Å².